The van der Waals surface area contributed by atoms with Gasteiger partial charge in [-0.05, 0) is 31.6 Å². The third-order valence-electron chi connectivity index (χ3n) is 4.79. The first kappa shape index (κ1) is 14.2. The van der Waals surface area contributed by atoms with Crippen LogP contribution >= 0.6 is 11.8 Å². The van der Waals surface area contributed by atoms with Crippen molar-refractivity contribution >= 4 is 22.8 Å². The molecule has 112 valence electrons. The van der Waals surface area contributed by atoms with Gasteiger partial charge in [-0.25, -0.2) is 0 Å². The van der Waals surface area contributed by atoms with Gasteiger partial charge in [0.2, 0.25) is 5.91 Å². The van der Waals surface area contributed by atoms with E-state index in [0.717, 1.165) is 37.0 Å². The van der Waals surface area contributed by atoms with Gasteiger partial charge in [0.25, 0.3) is 0 Å². The van der Waals surface area contributed by atoms with Gasteiger partial charge in [0.05, 0.1) is 17.8 Å². The normalized spacial score (nSPS) is 30.6. The number of aliphatic imine (C=N–C) groups is 1. The largest absolute Gasteiger partial charge is 0.360 e. The Labute approximate surface area is 125 Å². The summed E-state index contributed by atoms with van der Waals surface area (Å²) < 4.78 is 0. The van der Waals surface area contributed by atoms with Gasteiger partial charge in [-0.15, -0.1) is 0 Å². The van der Waals surface area contributed by atoms with Gasteiger partial charge in [0.1, 0.15) is 0 Å². The molecule has 2 fully saturated rings. The first-order valence-corrected chi connectivity index (χ1v) is 8.96. The third kappa shape index (κ3) is 3.30. The Kier molecular flexibility index (Phi) is 4.54. The summed E-state index contributed by atoms with van der Waals surface area (Å²) in [6, 6.07) is 1.01. The second-order valence-corrected chi connectivity index (χ2v) is 7.35. The molecular weight excluding hydrogens is 270 g/mol. The van der Waals surface area contributed by atoms with Gasteiger partial charge in [0.15, 0.2) is 5.17 Å². The fourth-order valence-corrected chi connectivity index (χ4v) is 4.23. The fourth-order valence-electron chi connectivity index (χ4n) is 3.34. The lowest BCUT2D eigenvalue weighted by Gasteiger charge is -2.30. The number of nitrogens with zero attached hydrogens (tertiary/aromatic N) is 2. The van der Waals surface area contributed by atoms with E-state index in [2.05, 4.69) is 12.2 Å². The molecule has 0 spiro atoms. The number of carbonyl (C=O) groups excluding carboxylic acids is 1. The minimum Gasteiger partial charge on any atom is -0.360 e. The number of fused-ring (bicyclic) bond motifs is 1. The Morgan fingerprint density at radius 3 is 2.80 bits per heavy atom. The molecule has 0 bridgehead atoms. The van der Waals surface area contributed by atoms with Crippen LogP contribution in [-0.2, 0) is 4.79 Å². The van der Waals surface area contributed by atoms with Crippen molar-refractivity contribution in [1.29, 1.82) is 0 Å². The van der Waals surface area contributed by atoms with Crippen LogP contribution in [0.25, 0.3) is 0 Å². The topological polar surface area (TPSA) is 44.7 Å². The van der Waals surface area contributed by atoms with Gasteiger partial charge >= 0.3 is 0 Å². The number of likely N-dealkylation sites (tertiary alicyclic amines) is 1. The van der Waals surface area contributed by atoms with E-state index in [4.69, 9.17) is 4.99 Å². The maximum Gasteiger partial charge on any atom is 0.233 e. The van der Waals surface area contributed by atoms with Gasteiger partial charge in [-0.1, -0.05) is 31.5 Å². The predicted octanol–water partition coefficient (Wildman–Crippen LogP) is 2.25. The van der Waals surface area contributed by atoms with Gasteiger partial charge in [-0.2, -0.15) is 0 Å². The lowest BCUT2D eigenvalue weighted by molar-refractivity contribution is -0.129. The molecule has 20 heavy (non-hydrogen) atoms. The molecule has 1 unspecified atom stereocenters. The van der Waals surface area contributed by atoms with Crippen LogP contribution in [0.4, 0.5) is 0 Å². The first-order valence-electron chi connectivity index (χ1n) is 7.97. The van der Waals surface area contributed by atoms with E-state index in [1.807, 2.05) is 4.90 Å². The first-order chi connectivity index (χ1) is 9.72. The molecule has 2 heterocycles. The minimum atomic E-state index is 0.279. The number of amidine groups is 1. The van der Waals surface area contributed by atoms with E-state index in [1.54, 1.807) is 11.8 Å². The summed E-state index contributed by atoms with van der Waals surface area (Å²) in [6.45, 7) is 4.15. The molecule has 5 heteroatoms. The van der Waals surface area contributed by atoms with Crippen LogP contribution < -0.4 is 5.32 Å². The van der Waals surface area contributed by atoms with Crippen molar-refractivity contribution in [2.75, 3.05) is 18.8 Å². The lowest BCUT2D eigenvalue weighted by Crippen LogP contribution is -2.39. The zero-order chi connectivity index (χ0) is 13.9. The monoisotopic (exact) mass is 295 g/mol. The lowest BCUT2D eigenvalue weighted by atomic mass is 9.92. The maximum atomic E-state index is 12.2. The summed E-state index contributed by atoms with van der Waals surface area (Å²) in [5.74, 6) is 1.59. The number of amides is 1. The molecule has 1 saturated heterocycles. The molecule has 0 aromatic heterocycles. The molecule has 4 nitrogen and oxygen atoms in total. The number of rotatable bonds is 2. The molecule has 1 aliphatic carbocycles. The van der Waals surface area contributed by atoms with E-state index in [1.165, 1.54) is 25.7 Å². The van der Waals surface area contributed by atoms with Gasteiger partial charge in [-0.3, -0.25) is 9.79 Å². The average molecular weight is 295 g/mol. The van der Waals surface area contributed by atoms with Gasteiger partial charge in [0, 0.05) is 13.1 Å². The van der Waals surface area contributed by atoms with Crippen molar-refractivity contribution in [2.24, 2.45) is 10.9 Å². The third-order valence-corrected chi connectivity index (χ3v) is 5.68. The van der Waals surface area contributed by atoms with Crippen LogP contribution in [0.1, 0.15) is 45.4 Å². The van der Waals surface area contributed by atoms with Crippen molar-refractivity contribution in [3.63, 3.8) is 0 Å². The van der Waals surface area contributed by atoms with E-state index >= 15 is 0 Å². The fraction of sp³-hybridized carbons (Fsp3) is 0.867. The summed E-state index contributed by atoms with van der Waals surface area (Å²) in [4.78, 5) is 19.0. The number of hydrogen-bond donors (Lipinski definition) is 1. The second kappa shape index (κ2) is 6.37. The molecule has 3 aliphatic rings. The Morgan fingerprint density at radius 2 is 2.05 bits per heavy atom. The summed E-state index contributed by atoms with van der Waals surface area (Å²) in [6.07, 6.45) is 7.36. The zero-order valence-corrected chi connectivity index (χ0v) is 13.1. The van der Waals surface area contributed by atoms with Crippen LogP contribution in [0.5, 0.6) is 0 Å². The average Bonchev–Trinajstić information content (AvgIpc) is 2.88. The molecule has 3 rings (SSSR count). The molecule has 0 aromatic carbocycles. The predicted molar refractivity (Wildman–Crippen MR) is 84.1 cm³/mol. The quantitative estimate of drug-likeness (QED) is 0.850. The zero-order valence-electron chi connectivity index (χ0n) is 12.3. The van der Waals surface area contributed by atoms with Crippen LogP contribution in [0, 0.1) is 5.92 Å². The number of thioether (sulfide) groups is 1. The van der Waals surface area contributed by atoms with E-state index < -0.39 is 0 Å². The second-order valence-electron chi connectivity index (χ2n) is 6.39. The van der Waals surface area contributed by atoms with Crippen molar-refractivity contribution in [1.82, 2.24) is 10.2 Å². The minimum absolute atomic E-state index is 0.279. The Balaban J connectivity index is 1.44. The Hall–Kier alpha value is -0.710. The van der Waals surface area contributed by atoms with E-state index in [9.17, 15) is 4.79 Å². The van der Waals surface area contributed by atoms with Crippen LogP contribution in [0.2, 0.25) is 0 Å². The van der Waals surface area contributed by atoms with Crippen molar-refractivity contribution < 1.29 is 4.79 Å². The Morgan fingerprint density at radius 1 is 1.30 bits per heavy atom. The molecular formula is C15H25N3OS. The van der Waals surface area contributed by atoms with Crippen molar-refractivity contribution in [3.05, 3.63) is 0 Å². The molecule has 0 radical (unpaired) electrons. The summed E-state index contributed by atoms with van der Waals surface area (Å²) >= 11 is 1.60. The maximum absolute atomic E-state index is 12.2. The van der Waals surface area contributed by atoms with Crippen LogP contribution in [0.15, 0.2) is 4.99 Å². The highest BCUT2D eigenvalue weighted by Gasteiger charge is 2.31. The van der Waals surface area contributed by atoms with E-state index in [-0.39, 0.29) is 5.91 Å². The number of carbonyl (C=O) groups is 1. The molecule has 2 atom stereocenters. The van der Waals surface area contributed by atoms with Crippen molar-refractivity contribution in [2.45, 2.75) is 57.5 Å². The summed E-state index contributed by atoms with van der Waals surface area (Å²) in [5.41, 5.74) is 0. The van der Waals surface area contributed by atoms with E-state index in [0.29, 0.717) is 17.8 Å². The standard InChI is InChI=1S/C15H25N3OS/c1-11-6-8-18(9-7-11)14(19)10-20-15-16-12-4-2-3-5-13(12)17-15/h11-13H,2-10H2,1H3,(H,16,17)/t12-,13?/m0/s1. The summed E-state index contributed by atoms with van der Waals surface area (Å²) in [5, 5.41) is 4.50. The molecule has 2 aliphatic heterocycles. The van der Waals surface area contributed by atoms with Crippen molar-refractivity contribution in [3.8, 4) is 0 Å². The molecule has 1 N–H and O–H groups in total. The van der Waals surface area contributed by atoms with Crippen LogP contribution in [0.3, 0.4) is 0 Å². The van der Waals surface area contributed by atoms with Gasteiger partial charge < -0.3 is 10.2 Å². The highest BCUT2D eigenvalue weighted by molar-refractivity contribution is 8.14. The highest BCUT2D eigenvalue weighted by Crippen LogP contribution is 2.27. The SMILES string of the molecule is CC1CCN(C(=O)CSC2=N[C@H]3CCCCC3N2)CC1. The summed E-state index contributed by atoms with van der Waals surface area (Å²) in [7, 11) is 0. The number of piperidine rings is 1. The molecule has 1 saturated carbocycles. The molecule has 1 amide bonds. The number of hydrogen-bond acceptors (Lipinski definition) is 4. The van der Waals surface area contributed by atoms with Crippen LogP contribution in [-0.4, -0.2) is 46.9 Å². The number of nitrogens with one attached hydrogen (secondary N) is 1. The highest BCUT2D eigenvalue weighted by atomic mass is 32.2. The Bertz CT molecular complexity index is 391. The smallest absolute Gasteiger partial charge is 0.233 e. The molecule has 0 aromatic rings.